The molecule has 0 bridgehead atoms. The Morgan fingerprint density at radius 1 is 1.06 bits per heavy atom. The maximum atomic E-state index is 13.0. The van der Waals surface area contributed by atoms with Crippen LogP contribution in [0.4, 0.5) is 0 Å². The Morgan fingerprint density at radius 2 is 1.66 bits per heavy atom. The Balaban J connectivity index is 1.27. The van der Waals surface area contributed by atoms with E-state index < -0.39 is 59.4 Å². The van der Waals surface area contributed by atoms with Crippen molar-refractivity contribution in [1.29, 1.82) is 0 Å². The number of imide groups is 1. The number of fused-ring (bicyclic) bond motifs is 2. The number of amides is 4. The summed E-state index contributed by atoms with van der Waals surface area (Å²) in [4.78, 5) is 65.5. The fourth-order valence-electron chi connectivity index (χ4n) is 4.45. The summed E-state index contributed by atoms with van der Waals surface area (Å²) in [5.74, 6) is -2.98. The molecule has 0 saturated carbocycles. The molecule has 0 spiro atoms. The topological polar surface area (TPSA) is 133 Å². The fourth-order valence-corrected chi connectivity index (χ4v) is 5.88. The summed E-state index contributed by atoms with van der Waals surface area (Å²) < 4.78 is 5.25. The van der Waals surface area contributed by atoms with Crippen molar-refractivity contribution in [3.8, 4) is 0 Å². The van der Waals surface area contributed by atoms with Gasteiger partial charge in [0.1, 0.15) is 17.0 Å². The Morgan fingerprint density at radius 3 is 2.29 bits per heavy atom. The average Bonchev–Trinajstić information content (AvgIpc) is 3.10. The molecule has 4 atom stereocenters. The normalized spacial score (nSPS) is 27.1. The smallest absolute Gasteiger partial charge is 0.333 e. The summed E-state index contributed by atoms with van der Waals surface area (Å²) in [6.45, 7) is 0.763. The van der Waals surface area contributed by atoms with Crippen LogP contribution in [0.1, 0.15) is 38.0 Å². The monoisotopic (exact) mass is 495 g/mol. The molecule has 3 heterocycles. The van der Waals surface area contributed by atoms with E-state index in [1.807, 2.05) is 0 Å². The molecule has 10 nitrogen and oxygen atoms in total. The van der Waals surface area contributed by atoms with E-state index in [0.29, 0.717) is 5.56 Å². The van der Waals surface area contributed by atoms with Crippen molar-refractivity contribution >= 4 is 41.4 Å². The molecule has 2 aromatic rings. The van der Waals surface area contributed by atoms with Gasteiger partial charge < -0.3 is 20.1 Å². The van der Waals surface area contributed by atoms with E-state index in [-0.39, 0.29) is 16.9 Å². The molecule has 3 unspecified atom stereocenters. The number of aliphatic hydroxyl groups is 1. The number of ether oxygens (including phenoxy) is 1. The highest BCUT2D eigenvalue weighted by molar-refractivity contribution is 8.00. The zero-order valence-corrected chi connectivity index (χ0v) is 19.4. The van der Waals surface area contributed by atoms with Crippen LogP contribution in [0.2, 0.25) is 0 Å². The third-order valence-corrected chi connectivity index (χ3v) is 7.85. The van der Waals surface area contributed by atoms with Crippen molar-refractivity contribution in [3.63, 3.8) is 0 Å². The van der Waals surface area contributed by atoms with Gasteiger partial charge in [0.25, 0.3) is 17.7 Å². The van der Waals surface area contributed by atoms with Gasteiger partial charge in [-0.2, -0.15) is 0 Å². The van der Waals surface area contributed by atoms with Crippen LogP contribution in [0.25, 0.3) is 0 Å². The molecule has 180 valence electrons. The van der Waals surface area contributed by atoms with E-state index in [9.17, 15) is 29.1 Å². The highest BCUT2D eigenvalue weighted by atomic mass is 32.2. The second kappa shape index (κ2) is 8.51. The van der Waals surface area contributed by atoms with Gasteiger partial charge in [-0.25, -0.2) is 9.69 Å². The standard InChI is InChI=1S/C24H21N3O7S/c1-24(33)11-35-22-16(25-18(28)13-7-3-2-4-8-13)21(31)27(22)17(24)23(32)34-12-26-19(29)14-9-5-6-10-15(14)20(26)30/h2-10,16-17,22,33H,11-12H2,1H3,(H,25,28)/t16?,17?,22-,24?/m1/s1. The number of carbonyl (C=O) groups excluding carboxylic acids is 5. The minimum Gasteiger partial charge on any atom is -0.442 e. The zero-order chi connectivity index (χ0) is 24.9. The van der Waals surface area contributed by atoms with Gasteiger partial charge in [0.15, 0.2) is 12.8 Å². The first-order valence-corrected chi connectivity index (χ1v) is 11.9. The number of esters is 1. The molecule has 2 fully saturated rings. The predicted octanol–water partition coefficient (Wildman–Crippen LogP) is 0.617. The summed E-state index contributed by atoms with van der Waals surface area (Å²) in [7, 11) is 0. The molecule has 2 aromatic carbocycles. The first-order valence-electron chi connectivity index (χ1n) is 10.8. The molecule has 2 N–H and O–H groups in total. The van der Waals surface area contributed by atoms with Crippen molar-refractivity contribution in [2.75, 3.05) is 12.5 Å². The third-order valence-electron chi connectivity index (χ3n) is 6.25. The maximum absolute atomic E-state index is 13.0. The van der Waals surface area contributed by atoms with Crippen molar-refractivity contribution < 1.29 is 33.8 Å². The van der Waals surface area contributed by atoms with Crippen LogP contribution >= 0.6 is 11.8 Å². The number of hydrogen-bond acceptors (Lipinski definition) is 8. The molecule has 4 amide bonds. The van der Waals surface area contributed by atoms with Gasteiger partial charge in [-0.3, -0.25) is 19.2 Å². The lowest BCUT2D eigenvalue weighted by atomic mass is 9.91. The van der Waals surface area contributed by atoms with Crippen molar-refractivity contribution in [3.05, 3.63) is 71.3 Å². The number of thioether (sulfide) groups is 1. The number of nitrogens with one attached hydrogen (secondary N) is 1. The lowest BCUT2D eigenvalue weighted by Crippen LogP contribution is -2.79. The summed E-state index contributed by atoms with van der Waals surface area (Å²) in [6, 6.07) is 12.5. The van der Waals surface area contributed by atoms with Crippen molar-refractivity contribution in [2.24, 2.45) is 0 Å². The molecular weight excluding hydrogens is 474 g/mol. The summed E-state index contributed by atoms with van der Waals surface area (Å²) in [5.41, 5.74) is -0.803. The molecule has 35 heavy (non-hydrogen) atoms. The molecule has 2 saturated heterocycles. The lowest BCUT2D eigenvalue weighted by molar-refractivity contribution is -0.178. The van der Waals surface area contributed by atoms with Crippen molar-refractivity contribution in [1.82, 2.24) is 15.1 Å². The number of benzene rings is 2. The molecule has 0 aromatic heterocycles. The van der Waals surface area contributed by atoms with E-state index in [1.54, 1.807) is 42.5 Å². The molecule has 11 heteroatoms. The minimum absolute atomic E-state index is 0.103. The van der Waals surface area contributed by atoms with Crippen LogP contribution in [0.5, 0.6) is 0 Å². The van der Waals surface area contributed by atoms with E-state index in [4.69, 9.17) is 4.74 Å². The Kier molecular flexibility index (Phi) is 5.60. The quantitative estimate of drug-likeness (QED) is 0.350. The molecular formula is C24H21N3O7S. The van der Waals surface area contributed by atoms with Gasteiger partial charge >= 0.3 is 5.97 Å². The van der Waals surface area contributed by atoms with Crippen molar-refractivity contribution in [2.45, 2.75) is 30.0 Å². The maximum Gasteiger partial charge on any atom is 0.333 e. The molecule has 0 radical (unpaired) electrons. The number of β-lactam (4-membered cyclic amide) rings is 1. The van der Waals surface area contributed by atoms with Crippen LogP contribution < -0.4 is 5.32 Å². The number of carbonyl (C=O) groups is 5. The largest absolute Gasteiger partial charge is 0.442 e. The Labute approximate surface area is 204 Å². The van der Waals surface area contributed by atoms with Crippen LogP contribution in [-0.2, 0) is 14.3 Å². The van der Waals surface area contributed by atoms with E-state index in [2.05, 4.69) is 5.32 Å². The van der Waals surface area contributed by atoms with Crippen LogP contribution in [0.15, 0.2) is 54.6 Å². The predicted molar refractivity (Wildman–Crippen MR) is 123 cm³/mol. The second-order valence-corrected chi connectivity index (χ2v) is 9.81. The van der Waals surface area contributed by atoms with Crippen LogP contribution in [0, 0.1) is 0 Å². The number of hydrogen-bond donors (Lipinski definition) is 2. The average molecular weight is 496 g/mol. The summed E-state index contributed by atoms with van der Waals surface area (Å²) in [5, 5.41) is 13.0. The molecule has 3 aliphatic rings. The first kappa shape index (κ1) is 23.1. The van der Waals surface area contributed by atoms with E-state index in [1.165, 1.54) is 35.7 Å². The van der Waals surface area contributed by atoms with Crippen LogP contribution in [0.3, 0.4) is 0 Å². The minimum atomic E-state index is -1.62. The fraction of sp³-hybridized carbons (Fsp3) is 0.292. The van der Waals surface area contributed by atoms with E-state index in [0.717, 1.165) is 4.90 Å². The van der Waals surface area contributed by atoms with E-state index >= 15 is 0 Å². The molecule has 3 aliphatic heterocycles. The Bertz CT molecular complexity index is 1210. The lowest BCUT2D eigenvalue weighted by Gasteiger charge is -2.56. The SMILES string of the molecule is CC1(O)CS[C@@H]2C(NC(=O)c3ccccc3)C(=O)N2C1C(=O)OCN1C(=O)c2ccccc2C1=O. The molecule has 5 rings (SSSR count). The highest BCUT2D eigenvalue weighted by Gasteiger charge is 2.61. The van der Waals surface area contributed by atoms with Gasteiger partial charge in [-0.15, -0.1) is 11.8 Å². The molecule has 0 aliphatic carbocycles. The number of rotatable bonds is 5. The van der Waals surface area contributed by atoms with Gasteiger partial charge in [-0.1, -0.05) is 30.3 Å². The summed E-state index contributed by atoms with van der Waals surface area (Å²) in [6.07, 6.45) is 0. The second-order valence-electron chi connectivity index (χ2n) is 8.70. The zero-order valence-electron chi connectivity index (χ0n) is 18.5. The van der Waals surface area contributed by atoms with Crippen LogP contribution in [-0.4, -0.2) is 80.0 Å². The summed E-state index contributed by atoms with van der Waals surface area (Å²) >= 11 is 1.24. The van der Waals surface area contributed by atoms with Gasteiger partial charge in [0, 0.05) is 11.3 Å². The third kappa shape index (κ3) is 3.76. The van der Waals surface area contributed by atoms with Gasteiger partial charge in [0.2, 0.25) is 5.91 Å². The number of nitrogens with zero attached hydrogens (tertiary/aromatic N) is 2. The van der Waals surface area contributed by atoms with Gasteiger partial charge in [-0.05, 0) is 31.2 Å². The Hall–Kier alpha value is -3.70. The van der Waals surface area contributed by atoms with Gasteiger partial charge in [0.05, 0.1) is 11.1 Å². The first-order chi connectivity index (χ1) is 16.7. The highest BCUT2D eigenvalue weighted by Crippen LogP contribution is 2.42.